The zero-order chi connectivity index (χ0) is 9.84. The van der Waals surface area contributed by atoms with Gasteiger partial charge in [0.05, 0.1) is 0 Å². The average Bonchev–Trinajstić information content (AvgIpc) is 2.67. The van der Waals surface area contributed by atoms with Gasteiger partial charge in [0.1, 0.15) is 5.69 Å². The summed E-state index contributed by atoms with van der Waals surface area (Å²) in [4.78, 5) is 13.2. The van der Waals surface area contributed by atoms with E-state index in [1.807, 2.05) is 6.92 Å². The summed E-state index contributed by atoms with van der Waals surface area (Å²) in [7, 11) is 1.72. The van der Waals surface area contributed by atoms with Crippen LogP contribution in [0.2, 0.25) is 0 Å². The van der Waals surface area contributed by atoms with Crippen molar-refractivity contribution in [3.8, 4) is 0 Å². The molecule has 1 aromatic rings. The zero-order valence-corrected chi connectivity index (χ0v) is 8.38. The Morgan fingerprint density at radius 3 is 3.00 bits per heavy atom. The summed E-state index contributed by atoms with van der Waals surface area (Å²) in [6, 6.07) is 1.66. The van der Waals surface area contributed by atoms with Crippen molar-refractivity contribution in [3.63, 3.8) is 0 Å². The van der Waals surface area contributed by atoms with Crippen molar-refractivity contribution in [2.45, 2.75) is 13.0 Å². The molecule has 0 saturated heterocycles. The van der Waals surface area contributed by atoms with Crippen LogP contribution >= 0.6 is 11.6 Å². The van der Waals surface area contributed by atoms with Gasteiger partial charge >= 0.3 is 0 Å². The fourth-order valence-electron chi connectivity index (χ4n) is 0.869. The molecular weight excluding hydrogens is 190 g/mol. The van der Waals surface area contributed by atoms with Crippen molar-refractivity contribution >= 4 is 17.5 Å². The number of amides is 1. The van der Waals surface area contributed by atoms with E-state index in [0.29, 0.717) is 11.6 Å². The number of hydrogen-bond donors (Lipinski definition) is 1. The van der Waals surface area contributed by atoms with Gasteiger partial charge in [0.15, 0.2) is 0 Å². The molecular formula is C8H12ClN3O. The fourth-order valence-corrected chi connectivity index (χ4v) is 1.08. The molecule has 1 rings (SSSR count). The number of nitrogens with one attached hydrogen (secondary N) is 1. The molecule has 0 aliphatic heterocycles. The molecule has 0 bridgehead atoms. The van der Waals surface area contributed by atoms with Crippen molar-refractivity contribution in [3.05, 3.63) is 18.0 Å². The first-order chi connectivity index (χ1) is 6.16. The van der Waals surface area contributed by atoms with E-state index in [-0.39, 0.29) is 11.9 Å². The molecule has 72 valence electrons. The van der Waals surface area contributed by atoms with Gasteiger partial charge in [0, 0.05) is 25.2 Å². The third-order valence-corrected chi connectivity index (χ3v) is 2.38. The zero-order valence-electron chi connectivity index (χ0n) is 7.62. The monoisotopic (exact) mass is 201 g/mol. The second kappa shape index (κ2) is 4.28. The molecule has 4 nitrogen and oxygen atoms in total. The Kier molecular flexibility index (Phi) is 3.31. The first-order valence-corrected chi connectivity index (χ1v) is 4.52. The third-order valence-electron chi connectivity index (χ3n) is 1.94. The summed E-state index contributed by atoms with van der Waals surface area (Å²) < 4.78 is 0. The van der Waals surface area contributed by atoms with Gasteiger partial charge in [-0.15, -0.1) is 11.6 Å². The number of halogens is 1. The topological polar surface area (TPSA) is 49.0 Å². The second-order valence-electron chi connectivity index (χ2n) is 2.89. The lowest BCUT2D eigenvalue weighted by Gasteiger charge is -2.21. The van der Waals surface area contributed by atoms with Crippen LogP contribution in [0.1, 0.15) is 17.4 Å². The summed E-state index contributed by atoms with van der Waals surface area (Å²) in [5, 5.41) is 6.32. The SMILES string of the molecule is CC(CCl)N(C)C(=O)c1ccn[nH]1. The van der Waals surface area contributed by atoms with Crippen LogP contribution in [0.4, 0.5) is 0 Å². The maximum absolute atomic E-state index is 11.6. The van der Waals surface area contributed by atoms with Gasteiger partial charge < -0.3 is 4.90 Å². The first kappa shape index (κ1) is 10.1. The standard InChI is InChI=1S/C8H12ClN3O/c1-6(5-9)12(2)8(13)7-3-4-10-11-7/h3-4,6H,5H2,1-2H3,(H,10,11). The first-order valence-electron chi connectivity index (χ1n) is 3.99. The molecule has 5 heteroatoms. The van der Waals surface area contributed by atoms with Gasteiger partial charge in [-0.3, -0.25) is 9.89 Å². The highest BCUT2D eigenvalue weighted by Crippen LogP contribution is 2.04. The molecule has 0 aliphatic rings. The predicted molar refractivity (Wildman–Crippen MR) is 50.9 cm³/mol. The summed E-state index contributed by atoms with van der Waals surface area (Å²) in [5.41, 5.74) is 0.486. The molecule has 1 unspecified atom stereocenters. The number of aromatic amines is 1. The lowest BCUT2D eigenvalue weighted by Crippen LogP contribution is -2.36. The largest absolute Gasteiger partial charge is 0.336 e. The Morgan fingerprint density at radius 1 is 1.85 bits per heavy atom. The van der Waals surface area contributed by atoms with Gasteiger partial charge in [0.2, 0.25) is 0 Å². The maximum Gasteiger partial charge on any atom is 0.271 e. The number of H-pyrrole nitrogens is 1. The summed E-state index contributed by atoms with van der Waals surface area (Å²) in [5.74, 6) is 0.335. The maximum atomic E-state index is 11.6. The number of hydrogen-bond acceptors (Lipinski definition) is 2. The molecule has 1 atom stereocenters. The lowest BCUT2D eigenvalue weighted by molar-refractivity contribution is 0.0751. The van der Waals surface area contributed by atoms with Gasteiger partial charge in [-0.25, -0.2) is 0 Å². The summed E-state index contributed by atoms with van der Waals surface area (Å²) >= 11 is 5.63. The number of nitrogens with zero attached hydrogens (tertiary/aromatic N) is 2. The van der Waals surface area contributed by atoms with Crippen molar-refractivity contribution in [2.75, 3.05) is 12.9 Å². The minimum absolute atomic E-state index is 0.0254. The number of carbonyl (C=O) groups is 1. The van der Waals surface area contributed by atoms with E-state index in [4.69, 9.17) is 11.6 Å². The highest BCUT2D eigenvalue weighted by Gasteiger charge is 2.17. The van der Waals surface area contributed by atoms with Gasteiger partial charge in [-0.1, -0.05) is 0 Å². The normalized spacial score (nSPS) is 12.5. The second-order valence-corrected chi connectivity index (χ2v) is 3.20. The molecule has 1 amide bonds. The number of aromatic nitrogens is 2. The molecule has 0 spiro atoms. The summed E-state index contributed by atoms with van der Waals surface area (Å²) in [6.07, 6.45) is 1.55. The molecule has 0 aromatic carbocycles. The van der Waals surface area contributed by atoms with E-state index in [0.717, 1.165) is 0 Å². The Labute approximate surface area is 81.9 Å². The van der Waals surface area contributed by atoms with Crippen LogP contribution in [-0.2, 0) is 0 Å². The van der Waals surface area contributed by atoms with Crippen LogP contribution in [0.15, 0.2) is 12.3 Å². The van der Waals surface area contributed by atoms with Crippen molar-refractivity contribution in [2.24, 2.45) is 0 Å². The molecule has 13 heavy (non-hydrogen) atoms. The minimum atomic E-state index is -0.0920. The van der Waals surface area contributed by atoms with Crippen molar-refractivity contribution < 1.29 is 4.79 Å². The number of alkyl halides is 1. The molecule has 0 fully saturated rings. The van der Waals surface area contributed by atoms with Crippen molar-refractivity contribution in [1.29, 1.82) is 0 Å². The minimum Gasteiger partial charge on any atom is -0.336 e. The molecule has 0 aliphatic carbocycles. The highest BCUT2D eigenvalue weighted by atomic mass is 35.5. The van der Waals surface area contributed by atoms with Crippen LogP contribution in [0.25, 0.3) is 0 Å². The fraction of sp³-hybridized carbons (Fsp3) is 0.500. The Balaban J connectivity index is 2.68. The van der Waals surface area contributed by atoms with Crippen LogP contribution in [0.5, 0.6) is 0 Å². The molecule has 1 heterocycles. The van der Waals surface area contributed by atoms with E-state index < -0.39 is 0 Å². The van der Waals surface area contributed by atoms with E-state index in [1.165, 1.54) is 0 Å². The molecule has 0 saturated carbocycles. The third kappa shape index (κ3) is 2.21. The Morgan fingerprint density at radius 2 is 2.54 bits per heavy atom. The van der Waals surface area contributed by atoms with Crippen LogP contribution < -0.4 is 0 Å². The molecule has 1 aromatic heterocycles. The lowest BCUT2D eigenvalue weighted by atomic mass is 10.3. The van der Waals surface area contributed by atoms with E-state index in [2.05, 4.69) is 10.2 Å². The van der Waals surface area contributed by atoms with E-state index in [9.17, 15) is 4.79 Å². The highest BCUT2D eigenvalue weighted by molar-refractivity contribution is 6.18. The Bertz CT molecular complexity index is 273. The van der Waals surface area contributed by atoms with Gasteiger partial charge in [-0.05, 0) is 13.0 Å². The smallest absolute Gasteiger partial charge is 0.271 e. The molecule has 0 radical (unpaired) electrons. The van der Waals surface area contributed by atoms with Crippen LogP contribution in [0.3, 0.4) is 0 Å². The van der Waals surface area contributed by atoms with Crippen molar-refractivity contribution in [1.82, 2.24) is 15.1 Å². The number of carbonyl (C=O) groups excluding carboxylic acids is 1. The average molecular weight is 202 g/mol. The van der Waals surface area contributed by atoms with E-state index >= 15 is 0 Å². The number of rotatable bonds is 3. The predicted octanol–water partition coefficient (Wildman–Crippen LogP) is 1.11. The van der Waals surface area contributed by atoms with Crippen LogP contribution in [-0.4, -0.2) is 40.0 Å². The quantitative estimate of drug-likeness (QED) is 0.745. The van der Waals surface area contributed by atoms with Gasteiger partial charge in [0.25, 0.3) is 5.91 Å². The Hall–Kier alpha value is -1.03. The molecule has 1 N–H and O–H groups in total. The van der Waals surface area contributed by atoms with E-state index in [1.54, 1.807) is 24.2 Å². The van der Waals surface area contributed by atoms with Gasteiger partial charge in [-0.2, -0.15) is 5.10 Å². The van der Waals surface area contributed by atoms with Crippen LogP contribution in [0, 0.1) is 0 Å². The summed E-state index contributed by atoms with van der Waals surface area (Å²) in [6.45, 7) is 1.89.